The van der Waals surface area contributed by atoms with Gasteiger partial charge in [0.1, 0.15) is 11.5 Å². The molecule has 1 N–H and O–H groups in total. The smallest absolute Gasteiger partial charge is 0.258 e. The monoisotopic (exact) mass is 459 g/mol. The second kappa shape index (κ2) is 11.1. The number of nitrogens with zero attached hydrogens (tertiary/aromatic N) is 2. The van der Waals surface area contributed by atoms with Gasteiger partial charge >= 0.3 is 0 Å². The van der Waals surface area contributed by atoms with Gasteiger partial charge in [0.2, 0.25) is 0 Å². The molecule has 0 bridgehead atoms. The summed E-state index contributed by atoms with van der Waals surface area (Å²) < 4.78 is 10.8. The number of methoxy groups -OCH3 is 1. The molecule has 1 aliphatic heterocycles. The standard InChI is InChI=1S/C28H33N3O3/c1-30(2)24-10-8-22(9-11-24)27(31-17-16-21-6-4-5-7-23(21)19-31)18-29-28(32)20-34-26-14-12-25(33-3)13-15-26/h4-15,27H,16-20H2,1-3H3,(H,29,32)/t27-/m0/s1. The van der Waals surface area contributed by atoms with E-state index in [2.05, 4.69) is 63.6 Å². The second-order valence-corrected chi connectivity index (χ2v) is 8.76. The maximum absolute atomic E-state index is 12.6. The van der Waals surface area contributed by atoms with E-state index in [0.717, 1.165) is 30.9 Å². The molecule has 0 unspecified atom stereocenters. The lowest BCUT2D eigenvalue weighted by atomic mass is 9.96. The molecule has 1 aliphatic rings. The summed E-state index contributed by atoms with van der Waals surface area (Å²) in [6.45, 7) is 2.32. The SMILES string of the molecule is COc1ccc(OCC(=O)NC[C@@H](c2ccc(N(C)C)cc2)N2CCc3ccccc3C2)cc1. The van der Waals surface area contributed by atoms with Gasteiger partial charge in [-0.15, -0.1) is 0 Å². The van der Waals surface area contributed by atoms with Crippen molar-refractivity contribution in [1.82, 2.24) is 10.2 Å². The third kappa shape index (κ3) is 5.88. The summed E-state index contributed by atoms with van der Waals surface area (Å²) in [6, 6.07) is 24.5. The molecule has 4 rings (SSSR count). The quantitative estimate of drug-likeness (QED) is 0.523. The van der Waals surface area contributed by atoms with E-state index in [1.807, 2.05) is 26.2 Å². The maximum Gasteiger partial charge on any atom is 0.258 e. The molecular formula is C28H33N3O3. The molecule has 178 valence electrons. The summed E-state index contributed by atoms with van der Waals surface area (Å²) >= 11 is 0. The zero-order valence-corrected chi connectivity index (χ0v) is 20.2. The topological polar surface area (TPSA) is 54.0 Å². The van der Waals surface area contributed by atoms with Gasteiger partial charge in [0.25, 0.3) is 5.91 Å². The molecule has 1 atom stereocenters. The molecule has 34 heavy (non-hydrogen) atoms. The lowest BCUT2D eigenvalue weighted by Crippen LogP contribution is -2.41. The van der Waals surface area contributed by atoms with Crippen molar-refractivity contribution in [3.63, 3.8) is 0 Å². The summed E-state index contributed by atoms with van der Waals surface area (Å²) in [5.41, 5.74) is 5.12. The first-order chi connectivity index (χ1) is 16.5. The number of anilines is 1. The van der Waals surface area contributed by atoms with Crippen molar-refractivity contribution in [2.45, 2.75) is 19.0 Å². The zero-order chi connectivity index (χ0) is 23.9. The van der Waals surface area contributed by atoms with Crippen molar-refractivity contribution in [3.05, 3.63) is 89.5 Å². The number of nitrogens with one attached hydrogen (secondary N) is 1. The summed E-state index contributed by atoms with van der Waals surface area (Å²) in [4.78, 5) is 17.2. The normalized spacial score (nSPS) is 14.1. The summed E-state index contributed by atoms with van der Waals surface area (Å²) in [5.74, 6) is 1.26. The molecule has 0 aromatic heterocycles. The van der Waals surface area contributed by atoms with Gasteiger partial charge in [-0.3, -0.25) is 9.69 Å². The number of rotatable bonds is 9. The number of amides is 1. The lowest BCUT2D eigenvalue weighted by Gasteiger charge is -2.36. The van der Waals surface area contributed by atoms with Crippen LogP contribution in [0.5, 0.6) is 11.5 Å². The Kier molecular flexibility index (Phi) is 7.70. The van der Waals surface area contributed by atoms with Crippen molar-refractivity contribution in [2.75, 3.05) is 45.8 Å². The summed E-state index contributed by atoms with van der Waals surface area (Å²) in [5, 5.41) is 3.09. The highest BCUT2D eigenvalue weighted by Crippen LogP contribution is 2.28. The van der Waals surface area contributed by atoms with Crippen LogP contribution in [-0.4, -0.2) is 51.7 Å². The molecule has 0 spiro atoms. The summed E-state index contributed by atoms with van der Waals surface area (Å²) in [6.07, 6.45) is 1.01. The number of carbonyl (C=O) groups excluding carboxylic acids is 1. The Morgan fingerprint density at radius 1 is 0.971 bits per heavy atom. The van der Waals surface area contributed by atoms with E-state index in [4.69, 9.17) is 9.47 Å². The average molecular weight is 460 g/mol. The Morgan fingerprint density at radius 2 is 1.65 bits per heavy atom. The fourth-order valence-corrected chi connectivity index (χ4v) is 4.32. The van der Waals surface area contributed by atoms with Crippen molar-refractivity contribution in [1.29, 1.82) is 0 Å². The Hall–Kier alpha value is -3.51. The number of ether oxygens (including phenoxy) is 2. The molecular weight excluding hydrogens is 426 g/mol. The zero-order valence-electron chi connectivity index (χ0n) is 20.2. The third-order valence-corrected chi connectivity index (χ3v) is 6.32. The lowest BCUT2D eigenvalue weighted by molar-refractivity contribution is -0.123. The van der Waals surface area contributed by atoms with E-state index < -0.39 is 0 Å². The molecule has 3 aromatic carbocycles. The van der Waals surface area contributed by atoms with Crippen LogP contribution >= 0.6 is 0 Å². The van der Waals surface area contributed by atoms with Crippen LogP contribution in [-0.2, 0) is 17.8 Å². The Morgan fingerprint density at radius 3 is 2.32 bits per heavy atom. The van der Waals surface area contributed by atoms with Crippen molar-refractivity contribution >= 4 is 11.6 Å². The molecule has 0 saturated carbocycles. The van der Waals surface area contributed by atoms with Crippen LogP contribution in [0.3, 0.4) is 0 Å². The van der Waals surface area contributed by atoms with Gasteiger partial charge in [0.05, 0.1) is 13.2 Å². The van der Waals surface area contributed by atoms with Gasteiger partial charge in [-0.2, -0.15) is 0 Å². The molecule has 6 nitrogen and oxygen atoms in total. The second-order valence-electron chi connectivity index (χ2n) is 8.76. The van der Waals surface area contributed by atoms with Crippen LogP contribution in [0.4, 0.5) is 5.69 Å². The molecule has 0 fully saturated rings. The Bertz CT molecular complexity index is 1080. The van der Waals surface area contributed by atoms with Gasteiger partial charge in [-0.25, -0.2) is 0 Å². The predicted octanol–water partition coefficient (Wildman–Crippen LogP) is 4.06. The van der Waals surface area contributed by atoms with Gasteiger partial charge in [-0.05, 0) is 59.5 Å². The number of hydrogen-bond donors (Lipinski definition) is 1. The highest BCUT2D eigenvalue weighted by Gasteiger charge is 2.25. The van der Waals surface area contributed by atoms with Crippen LogP contribution in [0.15, 0.2) is 72.8 Å². The number of fused-ring (bicyclic) bond motifs is 1. The third-order valence-electron chi connectivity index (χ3n) is 6.32. The molecule has 3 aromatic rings. The number of hydrogen-bond acceptors (Lipinski definition) is 5. The highest BCUT2D eigenvalue weighted by atomic mass is 16.5. The molecule has 6 heteroatoms. The van der Waals surface area contributed by atoms with E-state index in [0.29, 0.717) is 12.3 Å². The fourth-order valence-electron chi connectivity index (χ4n) is 4.32. The fraction of sp³-hybridized carbons (Fsp3) is 0.321. The van der Waals surface area contributed by atoms with Crippen molar-refractivity contribution in [2.24, 2.45) is 0 Å². The first-order valence-electron chi connectivity index (χ1n) is 11.6. The van der Waals surface area contributed by atoms with Gasteiger partial charge in [0.15, 0.2) is 6.61 Å². The van der Waals surface area contributed by atoms with E-state index in [-0.39, 0.29) is 18.6 Å². The van der Waals surface area contributed by atoms with Crippen LogP contribution < -0.4 is 19.7 Å². The highest BCUT2D eigenvalue weighted by molar-refractivity contribution is 5.77. The van der Waals surface area contributed by atoms with Crippen LogP contribution in [0.25, 0.3) is 0 Å². The van der Waals surface area contributed by atoms with Gasteiger partial charge in [0, 0.05) is 39.4 Å². The van der Waals surface area contributed by atoms with Gasteiger partial charge in [-0.1, -0.05) is 36.4 Å². The van der Waals surface area contributed by atoms with Gasteiger partial charge < -0.3 is 19.7 Å². The van der Waals surface area contributed by atoms with E-state index in [9.17, 15) is 4.79 Å². The Labute approximate surface area is 202 Å². The van der Waals surface area contributed by atoms with Crippen LogP contribution in [0.2, 0.25) is 0 Å². The van der Waals surface area contributed by atoms with Crippen molar-refractivity contribution in [3.8, 4) is 11.5 Å². The molecule has 0 aliphatic carbocycles. The number of benzene rings is 3. The first kappa shape index (κ1) is 23.6. The largest absolute Gasteiger partial charge is 0.497 e. The average Bonchev–Trinajstić information content (AvgIpc) is 2.88. The predicted molar refractivity (Wildman–Crippen MR) is 136 cm³/mol. The van der Waals surface area contributed by atoms with Crippen molar-refractivity contribution < 1.29 is 14.3 Å². The minimum Gasteiger partial charge on any atom is -0.497 e. The Balaban J connectivity index is 1.43. The molecule has 1 heterocycles. The molecule has 0 saturated heterocycles. The minimum absolute atomic E-state index is 0.0263. The number of carbonyl (C=O) groups is 1. The van der Waals surface area contributed by atoms with E-state index in [1.54, 1.807) is 19.2 Å². The minimum atomic E-state index is -0.136. The molecule has 0 radical (unpaired) electrons. The summed E-state index contributed by atoms with van der Waals surface area (Å²) in [7, 11) is 5.70. The maximum atomic E-state index is 12.6. The van der Waals surface area contributed by atoms with Crippen LogP contribution in [0.1, 0.15) is 22.7 Å². The first-order valence-corrected chi connectivity index (χ1v) is 11.6. The van der Waals surface area contributed by atoms with E-state index >= 15 is 0 Å². The van der Waals surface area contributed by atoms with Crippen LogP contribution in [0, 0.1) is 0 Å². The van der Waals surface area contributed by atoms with E-state index in [1.165, 1.54) is 16.7 Å². The molecule has 1 amide bonds.